The van der Waals surface area contributed by atoms with Gasteiger partial charge >= 0.3 is 11.9 Å². The number of hydrogen-bond donors (Lipinski definition) is 3. The Hall–Kier alpha value is -2.67. The normalized spacial score (nSPS) is 9.57. The van der Waals surface area contributed by atoms with Gasteiger partial charge in [0, 0.05) is 12.1 Å². The Balaban J connectivity index is 0.000000315. The van der Waals surface area contributed by atoms with Gasteiger partial charge in [0.15, 0.2) is 0 Å². The molecule has 1 aromatic heterocycles. The first-order valence-corrected chi connectivity index (χ1v) is 5.93. The lowest BCUT2D eigenvalue weighted by Crippen LogP contribution is -2.13. The fraction of sp³-hybridized carbons (Fsp3) is 0.143. The fourth-order valence-corrected chi connectivity index (χ4v) is 1.38. The van der Waals surface area contributed by atoms with E-state index in [0.717, 1.165) is 5.76 Å². The quantitative estimate of drug-likeness (QED) is 0.744. The van der Waals surface area contributed by atoms with Crippen LogP contribution < -0.4 is 5.32 Å². The van der Waals surface area contributed by atoms with E-state index in [1.54, 1.807) is 18.4 Å². The molecule has 0 aliphatic heterocycles. The minimum Gasteiger partial charge on any atom is -0.473 e. The molecule has 2 rings (SSSR count). The van der Waals surface area contributed by atoms with E-state index >= 15 is 0 Å². The molecular weight excluding hydrogens is 281 g/mol. The summed E-state index contributed by atoms with van der Waals surface area (Å²) in [5, 5.41) is 17.9. The van der Waals surface area contributed by atoms with Crippen molar-refractivity contribution in [3.8, 4) is 0 Å². The first kappa shape index (κ1) is 16.4. The van der Waals surface area contributed by atoms with Gasteiger partial charge in [0.05, 0.1) is 12.8 Å². The molecule has 6 nitrogen and oxygen atoms in total. The van der Waals surface area contributed by atoms with Crippen LogP contribution in [0.5, 0.6) is 0 Å². The van der Waals surface area contributed by atoms with Crippen molar-refractivity contribution < 1.29 is 28.6 Å². The molecule has 0 saturated carbocycles. The summed E-state index contributed by atoms with van der Waals surface area (Å²) in [5.41, 5.74) is 0.670. The molecular formula is C14H14FNO5. The number of carbonyl (C=O) groups is 2. The molecule has 0 atom stereocenters. The molecule has 0 bridgehead atoms. The van der Waals surface area contributed by atoms with Crippen LogP contribution in [0.1, 0.15) is 11.3 Å². The molecule has 0 amide bonds. The number of hydrogen-bond acceptors (Lipinski definition) is 4. The van der Waals surface area contributed by atoms with Crippen LogP contribution in [0, 0.1) is 5.82 Å². The van der Waals surface area contributed by atoms with Gasteiger partial charge in [-0.3, -0.25) is 0 Å². The van der Waals surface area contributed by atoms with E-state index in [2.05, 4.69) is 5.32 Å². The van der Waals surface area contributed by atoms with Gasteiger partial charge in [-0.15, -0.1) is 0 Å². The lowest BCUT2D eigenvalue weighted by Gasteiger charge is -2.03. The van der Waals surface area contributed by atoms with E-state index in [4.69, 9.17) is 24.2 Å². The highest BCUT2D eigenvalue weighted by molar-refractivity contribution is 6.27. The van der Waals surface area contributed by atoms with Gasteiger partial charge in [-0.2, -0.15) is 0 Å². The van der Waals surface area contributed by atoms with Gasteiger partial charge in [0.2, 0.25) is 0 Å². The van der Waals surface area contributed by atoms with Crippen molar-refractivity contribution in [2.75, 3.05) is 0 Å². The van der Waals surface area contributed by atoms with E-state index in [-0.39, 0.29) is 5.82 Å². The summed E-state index contributed by atoms with van der Waals surface area (Å²) in [6.07, 6.45) is 1.63. The van der Waals surface area contributed by atoms with Crippen molar-refractivity contribution in [2.45, 2.75) is 13.1 Å². The molecule has 0 fully saturated rings. The summed E-state index contributed by atoms with van der Waals surface area (Å²) < 4.78 is 18.3. The smallest absolute Gasteiger partial charge is 0.414 e. The first-order valence-electron chi connectivity index (χ1n) is 5.93. The van der Waals surface area contributed by atoms with Crippen LogP contribution in [-0.2, 0) is 22.7 Å². The highest BCUT2D eigenvalue weighted by Crippen LogP contribution is 2.06. The molecule has 1 aromatic carbocycles. The van der Waals surface area contributed by atoms with Crippen LogP contribution in [0.3, 0.4) is 0 Å². The summed E-state index contributed by atoms with van der Waals surface area (Å²) in [6.45, 7) is 1.12. The van der Waals surface area contributed by atoms with Crippen LogP contribution in [0.15, 0.2) is 47.1 Å². The molecule has 0 aliphatic rings. The van der Waals surface area contributed by atoms with Crippen molar-refractivity contribution in [3.05, 3.63) is 59.8 Å². The number of furan rings is 1. The van der Waals surface area contributed by atoms with Crippen LogP contribution >= 0.6 is 0 Å². The van der Waals surface area contributed by atoms with E-state index in [1.165, 1.54) is 6.07 Å². The van der Waals surface area contributed by atoms with Crippen molar-refractivity contribution in [2.24, 2.45) is 0 Å². The highest BCUT2D eigenvalue weighted by Gasteiger charge is 2.04. The monoisotopic (exact) mass is 295 g/mol. The Morgan fingerprint density at radius 3 is 2.24 bits per heavy atom. The maximum atomic E-state index is 13.2. The first-order chi connectivity index (χ1) is 10.0. The molecule has 0 saturated heterocycles. The molecule has 1 heterocycles. The molecule has 3 N–H and O–H groups in total. The van der Waals surface area contributed by atoms with E-state index in [1.807, 2.05) is 18.2 Å². The number of benzene rings is 1. The van der Waals surface area contributed by atoms with Crippen LogP contribution in [0.2, 0.25) is 0 Å². The fourth-order valence-electron chi connectivity index (χ4n) is 1.38. The number of carboxylic acid groups (broad SMARTS) is 2. The molecule has 0 aliphatic carbocycles. The Bertz CT molecular complexity index is 571. The largest absolute Gasteiger partial charge is 0.473 e. The second-order valence-electron chi connectivity index (χ2n) is 3.88. The van der Waals surface area contributed by atoms with E-state index in [9.17, 15) is 4.39 Å². The minimum absolute atomic E-state index is 0.176. The van der Waals surface area contributed by atoms with Crippen molar-refractivity contribution in [3.63, 3.8) is 0 Å². The lowest BCUT2D eigenvalue weighted by molar-refractivity contribution is -0.159. The highest BCUT2D eigenvalue weighted by atomic mass is 19.1. The van der Waals surface area contributed by atoms with Crippen LogP contribution in [0.25, 0.3) is 0 Å². The van der Waals surface area contributed by atoms with E-state index in [0.29, 0.717) is 18.7 Å². The maximum absolute atomic E-state index is 13.2. The predicted octanol–water partition coefficient (Wildman–Crippen LogP) is 1.86. The Kier molecular flexibility index (Phi) is 6.62. The molecule has 21 heavy (non-hydrogen) atoms. The van der Waals surface area contributed by atoms with Crippen LogP contribution in [0.4, 0.5) is 4.39 Å². The van der Waals surface area contributed by atoms with Gasteiger partial charge in [0.1, 0.15) is 11.6 Å². The zero-order chi connectivity index (χ0) is 15.7. The summed E-state index contributed by atoms with van der Waals surface area (Å²) in [6, 6.07) is 10.5. The third-order valence-corrected chi connectivity index (χ3v) is 2.34. The zero-order valence-electron chi connectivity index (χ0n) is 11.0. The molecule has 112 valence electrons. The molecule has 2 aromatic rings. The average Bonchev–Trinajstić information content (AvgIpc) is 2.95. The number of nitrogens with one attached hydrogen (secondary N) is 1. The average molecular weight is 295 g/mol. The summed E-state index contributed by atoms with van der Waals surface area (Å²) >= 11 is 0. The molecule has 0 unspecified atom stereocenters. The topological polar surface area (TPSA) is 99.8 Å². The third kappa shape index (κ3) is 6.35. The lowest BCUT2D eigenvalue weighted by atomic mass is 10.2. The number of rotatable bonds is 4. The Labute approximate surface area is 119 Å². The Morgan fingerprint density at radius 1 is 1.05 bits per heavy atom. The Morgan fingerprint density at radius 2 is 1.71 bits per heavy atom. The zero-order valence-corrected chi connectivity index (χ0v) is 11.0. The van der Waals surface area contributed by atoms with Gasteiger partial charge in [-0.25, -0.2) is 14.0 Å². The third-order valence-electron chi connectivity index (χ3n) is 2.34. The maximum Gasteiger partial charge on any atom is 0.414 e. The van der Waals surface area contributed by atoms with Gasteiger partial charge in [0.25, 0.3) is 0 Å². The summed E-state index contributed by atoms with van der Waals surface area (Å²) in [4.78, 5) is 18.2. The number of aliphatic carboxylic acids is 2. The van der Waals surface area contributed by atoms with Crippen molar-refractivity contribution in [1.29, 1.82) is 0 Å². The number of carboxylic acids is 2. The van der Waals surface area contributed by atoms with Gasteiger partial charge < -0.3 is 19.9 Å². The van der Waals surface area contributed by atoms with Gasteiger partial charge in [-0.05, 0) is 18.2 Å². The van der Waals surface area contributed by atoms with E-state index < -0.39 is 11.9 Å². The molecule has 0 radical (unpaired) electrons. The second-order valence-corrected chi connectivity index (χ2v) is 3.88. The number of halogens is 1. The predicted molar refractivity (Wildman–Crippen MR) is 70.9 cm³/mol. The minimum atomic E-state index is -1.82. The molecule has 0 spiro atoms. The van der Waals surface area contributed by atoms with Gasteiger partial charge in [-0.1, -0.05) is 18.2 Å². The SMILES string of the molecule is Fc1ccccc1CNCc1ccco1.O=C(O)C(=O)O. The van der Waals surface area contributed by atoms with Crippen LogP contribution in [-0.4, -0.2) is 22.2 Å². The summed E-state index contributed by atoms with van der Waals surface area (Å²) in [7, 11) is 0. The standard InChI is InChI=1S/C12H12FNO.C2H2O4/c13-12-6-2-1-4-10(12)8-14-9-11-5-3-7-15-11;3-1(4)2(5)6/h1-7,14H,8-9H2;(H,3,4)(H,5,6). The summed E-state index contributed by atoms with van der Waals surface area (Å²) in [5.74, 6) is -2.97. The van der Waals surface area contributed by atoms with Crippen molar-refractivity contribution in [1.82, 2.24) is 5.32 Å². The van der Waals surface area contributed by atoms with Crippen molar-refractivity contribution >= 4 is 11.9 Å². The molecule has 7 heteroatoms. The second kappa shape index (κ2) is 8.49.